The average molecular weight is 452 g/mol. The Kier molecular flexibility index (Phi) is 8.55. The van der Waals surface area contributed by atoms with Gasteiger partial charge in [0.25, 0.3) is 0 Å². The Morgan fingerprint density at radius 1 is 0.625 bits per heavy atom. The van der Waals surface area contributed by atoms with Gasteiger partial charge in [0.1, 0.15) is 0 Å². The number of halogens is 2. The van der Waals surface area contributed by atoms with Crippen LogP contribution >= 0.6 is 31.9 Å². The minimum atomic E-state index is 0.474. The summed E-state index contributed by atoms with van der Waals surface area (Å²) in [4.78, 5) is 0.947. The zero-order valence-electron chi connectivity index (χ0n) is 14.8. The molecule has 0 saturated heterocycles. The molecule has 24 heavy (non-hydrogen) atoms. The standard InChI is InChI=1S/C22H28Br2/c1-3-5-7-21(23)19-13-9-17(10-14-19)18-11-15-20(16-12-18)22(24)8-6-4-2/h9-16,21-22H,3-8H2,1-2H3. The van der Waals surface area contributed by atoms with Crippen LogP contribution in [0.3, 0.4) is 0 Å². The second kappa shape index (κ2) is 10.4. The highest BCUT2D eigenvalue weighted by molar-refractivity contribution is 9.09. The van der Waals surface area contributed by atoms with Crippen LogP contribution in [0.2, 0.25) is 0 Å². The van der Waals surface area contributed by atoms with Crippen LogP contribution in [-0.4, -0.2) is 0 Å². The normalized spacial score (nSPS) is 13.7. The highest BCUT2D eigenvalue weighted by atomic mass is 79.9. The lowest BCUT2D eigenvalue weighted by molar-refractivity contribution is 0.713. The van der Waals surface area contributed by atoms with E-state index in [-0.39, 0.29) is 0 Å². The van der Waals surface area contributed by atoms with Gasteiger partial charge in [0, 0.05) is 9.65 Å². The van der Waals surface area contributed by atoms with Gasteiger partial charge in [-0.2, -0.15) is 0 Å². The molecule has 2 aromatic carbocycles. The van der Waals surface area contributed by atoms with Gasteiger partial charge in [-0.15, -0.1) is 0 Å². The van der Waals surface area contributed by atoms with E-state index in [1.54, 1.807) is 0 Å². The lowest BCUT2D eigenvalue weighted by atomic mass is 9.99. The lowest BCUT2D eigenvalue weighted by Gasteiger charge is -2.12. The molecule has 0 amide bonds. The van der Waals surface area contributed by atoms with Crippen molar-refractivity contribution < 1.29 is 0 Å². The number of alkyl halides is 2. The SMILES string of the molecule is CCCCC(Br)c1ccc(-c2ccc(C(Br)CCCC)cc2)cc1. The average Bonchev–Trinajstić information content (AvgIpc) is 2.64. The first-order valence-electron chi connectivity index (χ1n) is 9.14. The zero-order chi connectivity index (χ0) is 17.4. The Labute approximate surface area is 164 Å². The molecule has 0 N–H and O–H groups in total. The summed E-state index contributed by atoms with van der Waals surface area (Å²) in [6.45, 7) is 4.48. The van der Waals surface area contributed by atoms with Gasteiger partial charge in [-0.3, -0.25) is 0 Å². The summed E-state index contributed by atoms with van der Waals surface area (Å²) in [5.41, 5.74) is 5.34. The second-order valence-corrected chi connectivity index (χ2v) is 8.67. The smallest absolute Gasteiger partial charge is 0.0395 e. The molecule has 0 aliphatic carbocycles. The molecule has 0 heterocycles. The largest absolute Gasteiger partial charge is 0.0839 e. The van der Waals surface area contributed by atoms with E-state index in [1.165, 1.54) is 60.8 Å². The zero-order valence-corrected chi connectivity index (χ0v) is 17.9. The van der Waals surface area contributed by atoms with Gasteiger partial charge in [-0.05, 0) is 35.1 Å². The number of benzene rings is 2. The summed E-state index contributed by atoms with van der Waals surface area (Å²) in [5.74, 6) is 0. The van der Waals surface area contributed by atoms with Gasteiger partial charge in [-0.1, -0.05) is 120 Å². The predicted octanol–water partition coefficient (Wildman–Crippen LogP) is 8.61. The Morgan fingerprint density at radius 2 is 0.958 bits per heavy atom. The van der Waals surface area contributed by atoms with Crippen molar-refractivity contribution in [2.75, 3.05) is 0 Å². The Bertz CT molecular complexity index is 531. The van der Waals surface area contributed by atoms with E-state index in [0.29, 0.717) is 9.65 Å². The van der Waals surface area contributed by atoms with Crippen LogP contribution < -0.4 is 0 Å². The fourth-order valence-electron chi connectivity index (χ4n) is 2.87. The molecule has 0 radical (unpaired) electrons. The molecule has 0 spiro atoms. The maximum Gasteiger partial charge on any atom is 0.0395 e. The first-order chi connectivity index (χ1) is 11.7. The molecule has 130 valence electrons. The minimum Gasteiger partial charge on any atom is -0.0839 e. The number of unbranched alkanes of at least 4 members (excludes halogenated alkanes) is 2. The third-order valence-corrected chi connectivity index (χ3v) is 6.47. The summed E-state index contributed by atoms with van der Waals surface area (Å²) in [6, 6.07) is 18.0. The molecule has 2 heteroatoms. The topological polar surface area (TPSA) is 0 Å². The van der Waals surface area contributed by atoms with Crippen molar-refractivity contribution in [2.24, 2.45) is 0 Å². The predicted molar refractivity (Wildman–Crippen MR) is 114 cm³/mol. The van der Waals surface area contributed by atoms with Gasteiger partial charge in [-0.25, -0.2) is 0 Å². The molecular formula is C22H28Br2. The molecule has 2 aromatic rings. The summed E-state index contributed by atoms with van der Waals surface area (Å²) in [6.07, 6.45) is 7.44. The Balaban J connectivity index is 2.03. The van der Waals surface area contributed by atoms with Crippen LogP contribution in [-0.2, 0) is 0 Å². The molecule has 2 atom stereocenters. The van der Waals surface area contributed by atoms with Crippen LogP contribution in [0.4, 0.5) is 0 Å². The maximum absolute atomic E-state index is 3.81. The minimum absolute atomic E-state index is 0.474. The van der Waals surface area contributed by atoms with Crippen molar-refractivity contribution in [1.29, 1.82) is 0 Å². The molecule has 0 fully saturated rings. The van der Waals surface area contributed by atoms with Crippen LogP contribution in [0.25, 0.3) is 11.1 Å². The van der Waals surface area contributed by atoms with E-state index in [0.717, 1.165) is 0 Å². The van der Waals surface area contributed by atoms with Crippen molar-refractivity contribution in [3.05, 3.63) is 59.7 Å². The van der Waals surface area contributed by atoms with Crippen molar-refractivity contribution in [2.45, 2.75) is 62.0 Å². The van der Waals surface area contributed by atoms with E-state index in [4.69, 9.17) is 0 Å². The molecule has 0 bridgehead atoms. The number of hydrogen-bond donors (Lipinski definition) is 0. The van der Waals surface area contributed by atoms with Gasteiger partial charge < -0.3 is 0 Å². The first kappa shape index (κ1) is 19.7. The summed E-state index contributed by atoms with van der Waals surface area (Å²) in [5, 5.41) is 0. The van der Waals surface area contributed by atoms with Crippen molar-refractivity contribution in [3.63, 3.8) is 0 Å². The van der Waals surface area contributed by atoms with Crippen LogP contribution in [0, 0.1) is 0 Å². The van der Waals surface area contributed by atoms with Gasteiger partial charge in [0.2, 0.25) is 0 Å². The lowest BCUT2D eigenvalue weighted by Crippen LogP contribution is -1.91. The van der Waals surface area contributed by atoms with Gasteiger partial charge >= 0.3 is 0 Å². The Morgan fingerprint density at radius 3 is 1.25 bits per heavy atom. The van der Waals surface area contributed by atoms with Gasteiger partial charge in [0.15, 0.2) is 0 Å². The summed E-state index contributed by atoms with van der Waals surface area (Å²) in [7, 11) is 0. The van der Waals surface area contributed by atoms with Gasteiger partial charge in [0.05, 0.1) is 0 Å². The van der Waals surface area contributed by atoms with Crippen LogP contribution in [0.5, 0.6) is 0 Å². The third-order valence-electron chi connectivity index (χ3n) is 4.50. The van der Waals surface area contributed by atoms with Crippen LogP contribution in [0.1, 0.15) is 73.2 Å². The fraction of sp³-hybridized carbons (Fsp3) is 0.455. The first-order valence-corrected chi connectivity index (χ1v) is 11.0. The monoisotopic (exact) mass is 450 g/mol. The molecule has 2 rings (SSSR count). The third kappa shape index (κ3) is 5.74. The number of rotatable bonds is 9. The van der Waals surface area contributed by atoms with E-state index >= 15 is 0 Å². The van der Waals surface area contributed by atoms with Crippen LogP contribution in [0.15, 0.2) is 48.5 Å². The van der Waals surface area contributed by atoms with E-state index in [1.807, 2.05) is 0 Å². The Hall–Kier alpha value is -0.600. The maximum atomic E-state index is 3.81. The quantitative estimate of drug-likeness (QED) is 0.334. The van der Waals surface area contributed by atoms with Crippen molar-refractivity contribution in [1.82, 2.24) is 0 Å². The van der Waals surface area contributed by atoms with E-state index in [9.17, 15) is 0 Å². The highest BCUT2D eigenvalue weighted by Crippen LogP contribution is 2.32. The molecule has 0 saturated carbocycles. The molecular weight excluding hydrogens is 424 g/mol. The van der Waals surface area contributed by atoms with E-state index in [2.05, 4.69) is 94.2 Å². The van der Waals surface area contributed by atoms with E-state index < -0.39 is 0 Å². The molecule has 0 aliphatic heterocycles. The summed E-state index contributed by atoms with van der Waals surface area (Å²) >= 11 is 7.62. The molecule has 0 aliphatic rings. The highest BCUT2D eigenvalue weighted by Gasteiger charge is 2.09. The summed E-state index contributed by atoms with van der Waals surface area (Å²) < 4.78 is 0. The van der Waals surface area contributed by atoms with Crippen molar-refractivity contribution in [3.8, 4) is 11.1 Å². The van der Waals surface area contributed by atoms with Crippen molar-refractivity contribution >= 4 is 31.9 Å². The fourth-order valence-corrected chi connectivity index (χ4v) is 4.13. The molecule has 0 nitrogen and oxygen atoms in total. The number of hydrogen-bond acceptors (Lipinski definition) is 0. The molecule has 0 aromatic heterocycles. The second-order valence-electron chi connectivity index (χ2n) is 6.46. The molecule has 2 unspecified atom stereocenters.